The predicted octanol–water partition coefficient (Wildman–Crippen LogP) is 1.67. The molecule has 2 rings (SSSR count). The van der Waals surface area contributed by atoms with Crippen molar-refractivity contribution in [3.63, 3.8) is 0 Å². The maximum Gasteiger partial charge on any atom is 0.229 e. The van der Waals surface area contributed by atoms with Gasteiger partial charge < -0.3 is 10.1 Å². The molecule has 0 saturated carbocycles. The lowest BCUT2D eigenvalue weighted by Crippen LogP contribution is -2.50. The number of β-lactam (4-membered cyclic amide) rings is 1. The molecule has 15 heavy (non-hydrogen) atoms. The van der Waals surface area contributed by atoms with E-state index < -0.39 is 0 Å². The van der Waals surface area contributed by atoms with Crippen LogP contribution in [0, 0.1) is 5.92 Å². The molecule has 0 unspecified atom stereocenters. The number of carbonyl (C=O) groups is 1. The molecule has 1 aromatic rings. The highest BCUT2D eigenvalue weighted by atomic mass is 16.5. The predicted molar refractivity (Wildman–Crippen MR) is 57.6 cm³/mol. The minimum atomic E-state index is -0.0987. The molecule has 1 aliphatic heterocycles. The first-order chi connectivity index (χ1) is 7.26. The Morgan fingerprint density at radius 1 is 1.40 bits per heavy atom. The van der Waals surface area contributed by atoms with Crippen LogP contribution < -0.4 is 10.1 Å². The van der Waals surface area contributed by atoms with Gasteiger partial charge in [-0.05, 0) is 17.7 Å². The lowest BCUT2D eigenvalue weighted by atomic mass is 9.85. The van der Waals surface area contributed by atoms with Crippen LogP contribution in [0.5, 0.6) is 5.75 Å². The van der Waals surface area contributed by atoms with Crippen LogP contribution in [-0.2, 0) is 4.79 Å². The number of methoxy groups -OCH3 is 1. The van der Waals surface area contributed by atoms with Gasteiger partial charge in [0.1, 0.15) is 5.75 Å². The largest absolute Gasteiger partial charge is 0.497 e. The quantitative estimate of drug-likeness (QED) is 0.599. The lowest BCUT2D eigenvalue weighted by Gasteiger charge is -2.35. The summed E-state index contributed by atoms with van der Waals surface area (Å²) >= 11 is 0. The zero-order valence-corrected chi connectivity index (χ0v) is 8.57. The first kappa shape index (κ1) is 9.77. The Hall–Kier alpha value is -1.77. The van der Waals surface area contributed by atoms with Gasteiger partial charge in [0, 0.05) is 0 Å². The van der Waals surface area contributed by atoms with E-state index in [2.05, 4.69) is 11.9 Å². The van der Waals surface area contributed by atoms with Gasteiger partial charge in [-0.15, -0.1) is 6.58 Å². The maximum absolute atomic E-state index is 11.2. The molecule has 0 aliphatic carbocycles. The second-order valence-electron chi connectivity index (χ2n) is 3.52. The van der Waals surface area contributed by atoms with E-state index in [0.29, 0.717) is 0 Å². The van der Waals surface area contributed by atoms with Crippen molar-refractivity contribution in [1.82, 2.24) is 5.32 Å². The fraction of sp³-hybridized carbons (Fsp3) is 0.250. The molecule has 3 heteroatoms. The van der Waals surface area contributed by atoms with Gasteiger partial charge in [-0.3, -0.25) is 4.79 Å². The molecule has 0 bridgehead atoms. The summed E-state index contributed by atoms with van der Waals surface area (Å²) in [6.45, 7) is 3.66. The van der Waals surface area contributed by atoms with Crippen molar-refractivity contribution in [1.29, 1.82) is 0 Å². The van der Waals surface area contributed by atoms with Crippen molar-refractivity contribution in [2.75, 3.05) is 7.11 Å². The van der Waals surface area contributed by atoms with Crippen LogP contribution >= 0.6 is 0 Å². The molecule has 3 nitrogen and oxygen atoms in total. The summed E-state index contributed by atoms with van der Waals surface area (Å²) in [5.74, 6) is 0.767. The van der Waals surface area contributed by atoms with Gasteiger partial charge >= 0.3 is 0 Å². The van der Waals surface area contributed by atoms with Crippen LogP contribution in [0.3, 0.4) is 0 Å². The van der Waals surface area contributed by atoms with Gasteiger partial charge in [-0.25, -0.2) is 0 Å². The highest BCUT2D eigenvalue weighted by Crippen LogP contribution is 2.31. The van der Waals surface area contributed by atoms with E-state index in [0.717, 1.165) is 11.3 Å². The number of nitrogens with one attached hydrogen (secondary N) is 1. The standard InChI is InChI=1S/C12H13NO2/c1-3-10-11(13-12(10)14)8-4-6-9(15-2)7-5-8/h3-7,10-11H,1H2,2H3,(H,13,14)/t10-,11-/m0/s1. The molecule has 1 N–H and O–H groups in total. The van der Waals surface area contributed by atoms with Crippen LogP contribution in [0.15, 0.2) is 36.9 Å². The third-order valence-electron chi connectivity index (χ3n) is 2.69. The Balaban J connectivity index is 2.17. The van der Waals surface area contributed by atoms with Gasteiger partial charge in [0.2, 0.25) is 5.91 Å². The summed E-state index contributed by atoms with van der Waals surface area (Å²) in [5.41, 5.74) is 1.08. The van der Waals surface area contributed by atoms with E-state index in [1.165, 1.54) is 0 Å². The third-order valence-corrected chi connectivity index (χ3v) is 2.69. The molecule has 0 aromatic heterocycles. The molecule has 78 valence electrons. The van der Waals surface area contributed by atoms with Crippen molar-refractivity contribution in [2.45, 2.75) is 6.04 Å². The van der Waals surface area contributed by atoms with Gasteiger partial charge in [0.25, 0.3) is 0 Å². The number of hydrogen-bond acceptors (Lipinski definition) is 2. The molecule has 0 radical (unpaired) electrons. The van der Waals surface area contributed by atoms with Crippen molar-refractivity contribution < 1.29 is 9.53 Å². The van der Waals surface area contributed by atoms with Crippen molar-refractivity contribution in [2.24, 2.45) is 5.92 Å². The van der Waals surface area contributed by atoms with Crippen molar-refractivity contribution >= 4 is 5.91 Å². The summed E-state index contributed by atoms with van der Waals surface area (Å²) in [6, 6.07) is 7.76. The number of ether oxygens (including phenoxy) is 1. The van der Waals surface area contributed by atoms with E-state index in [1.807, 2.05) is 24.3 Å². The summed E-state index contributed by atoms with van der Waals surface area (Å²) in [5, 5.41) is 2.85. The fourth-order valence-electron chi connectivity index (χ4n) is 1.74. The molecular formula is C12H13NO2. The SMILES string of the molecule is C=C[C@@H]1C(=O)N[C@H]1c1ccc(OC)cc1. The Morgan fingerprint density at radius 2 is 2.07 bits per heavy atom. The normalized spacial score (nSPS) is 23.9. The molecule has 1 amide bonds. The van der Waals surface area contributed by atoms with Crippen molar-refractivity contribution in [3.05, 3.63) is 42.5 Å². The van der Waals surface area contributed by atoms with E-state index in [9.17, 15) is 4.79 Å². The Kier molecular flexibility index (Phi) is 2.46. The summed E-state index contributed by atoms with van der Waals surface area (Å²) in [6.07, 6.45) is 1.69. The Labute approximate surface area is 88.8 Å². The number of hydrogen-bond donors (Lipinski definition) is 1. The average molecular weight is 203 g/mol. The topological polar surface area (TPSA) is 38.3 Å². The average Bonchev–Trinajstić information content (AvgIpc) is 2.26. The minimum Gasteiger partial charge on any atom is -0.497 e. The molecule has 2 atom stereocenters. The molecule has 0 spiro atoms. The highest BCUT2D eigenvalue weighted by molar-refractivity contribution is 5.88. The summed E-state index contributed by atoms with van der Waals surface area (Å²) in [7, 11) is 1.63. The Morgan fingerprint density at radius 3 is 2.53 bits per heavy atom. The first-order valence-electron chi connectivity index (χ1n) is 4.83. The molecule has 1 heterocycles. The zero-order chi connectivity index (χ0) is 10.8. The maximum atomic E-state index is 11.2. The van der Waals surface area contributed by atoms with Gasteiger partial charge in [-0.2, -0.15) is 0 Å². The molecular weight excluding hydrogens is 190 g/mol. The minimum absolute atomic E-state index is 0.0471. The first-order valence-corrected chi connectivity index (χ1v) is 4.83. The molecule has 1 saturated heterocycles. The van der Waals surface area contributed by atoms with Crippen molar-refractivity contribution in [3.8, 4) is 5.75 Å². The van der Waals surface area contributed by atoms with Crippen LogP contribution in [0.2, 0.25) is 0 Å². The van der Waals surface area contributed by atoms with Crippen LogP contribution in [0.25, 0.3) is 0 Å². The fourth-order valence-corrected chi connectivity index (χ4v) is 1.74. The zero-order valence-electron chi connectivity index (χ0n) is 8.57. The second-order valence-corrected chi connectivity index (χ2v) is 3.52. The second kappa shape index (κ2) is 3.77. The van der Waals surface area contributed by atoms with Gasteiger partial charge in [0.15, 0.2) is 0 Å². The van der Waals surface area contributed by atoms with E-state index in [-0.39, 0.29) is 17.9 Å². The Bertz CT molecular complexity index is 383. The van der Waals surface area contributed by atoms with Gasteiger partial charge in [-0.1, -0.05) is 18.2 Å². The number of rotatable bonds is 3. The smallest absolute Gasteiger partial charge is 0.229 e. The highest BCUT2D eigenvalue weighted by Gasteiger charge is 2.37. The number of carbonyl (C=O) groups excluding carboxylic acids is 1. The van der Waals surface area contributed by atoms with E-state index in [4.69, 9.17) is 4.74 Å². The lowest BCUT2D eigenvalue weighted by molar-refractivity contribution is -0.132. The molecule has 1 fully saturated rings. The van der Waals surface area contributed by atoms with Gasteiger partial charge in [0.05, 0.1) is 19.1 Å². The van der Waals surface area contributed by atoms with E-state index >= 15 is 0 Å². The molecule has 1 aliphatic rings. The number of benzene rings is 1. The van der Waals surface area contributed by atoms with Crippen LogP contribution in [-0.4, -0.2) is 13.0 Å². The van der Waals surface area contributed by atoms with Crippen LogP contribution in [0.1, 0.15) is 11.6 Å². The van der Waals surface area contributed by atoms with E-state index in [1.54, 1.807) is 13.2 Å². The summed E-state index contributed by atoms with van der Waals surface area (Å²) < 4.78 is 5.07. The third kappa shape index (κ3) is 1.61. The molecule has 1 aromatic carbocycles. The monoisotopic (exact) mass is 203 g/mol. The number of amides is 1. The summed E-state index contributed by atoms with van der Waals surface area (Å²) in [4.78, 5) is 11.2. The van der Waals surface area contributed by atoms with Crippen LogP contribution in [0.4, 0.5) is 0 Å².